The lowest BCUT2D eigenvalue weighted by Gasteiger charge is -2.26. The van der Waals surface area contributed by atoms with E-state index in [-0.39, 0.29) is 11.9 Å². The Balaban J connectivity index is 1.38. The number of hydrogen-bond donors (Lipinski definition) is 1. The van der Waals surface area contributed by atoms with Crippen LogP contribution >= 0.6 is 0 Å². The maximum Gasteiger partial charge on any atom is 0.247 e. The first-order valence-electron chi connectivity index (χ1n) is 9.41. The fourth-order valence-electron chi connectivity index (χ4n) is 3.95. The molecule has 0 bridgehead atoms. The Morgan fingerprint density at radius 2 is 2.00 bits per heavy atom. The van der Waals surface area contributed by atoms with Crippen LogP contribution in [-0.2, 0) is 4.79 Å². The van der Waals surface area contributed by atoms with Gasteiger partial charge in [0.15, 0.2) is 11.6 Å². The highest BCUT2D eigenvalue weighted by Crippen LogP contribution is 2.49. The number of nitrogens with one attached hydrogen (secondary N) is 1. The van der Waals surface area contributed by atoms with Gasteiger partial charge in [0.05, 0.1) is 24.8 Å². The lowest BCUT2D eigenvalue weighted by molar-refractivity contribution is -0.117. The Morgan fingerprint density at radius 1 is 1.17 bits per heavy atom. The van der Waals surface area contributed by atoms with E-state index in [0.29, 0.717) is 29.4 Å². The highest BCUT2D eigenvalue weighted by molar-refractivity contribution is 5.98. The van der Waals surface area contributed by atoms with E-state index in [9.17, 15) is 9.18 Å². The summed E-state index contributed by atoms with van der Waals surface area (Å²) in [4.78, 5) is 27.4. The number of fused-ring (bicyclic) bond motifs is 1. The molecule has 1 aromatic carbocycles. The Morgan fingerprint density at radius 3 is 2.76 bits per heavy atom. The van der Waals surface area contributed by atoms with Crippen LogP contribution in [0.3, 0.4) is 0 Å². The van der Waals surface area contributed by atoms with Gasteiger partial charge in [0.2, 0.25) is 11.9 Å². The molecular formula is C20H18FN7O. The molecule has 2 aliphatic rings. The monoisotopic (exact) mass is 391 g/mol. The third-order valence-electron chi connectivity index (χ3n) is 5.47. The van der Waals surface area contributed by atoms with Crippen LogP contribution in [0.2, 0.25) is 0 Å². The molecule has 3 atom stereocenters. The lowest BCUT2D eigenvalue weighted by atomic mass is 10.1. The molecule has 29 heavy (non-hydrogen) atoms. The minimum absolute atomic E-state index is 0.112. The molecule has 1 aliphatic heterocycles. The maximum atomic E-state index is 13.1. The van der Waals surface area contributed by atoms with Gasteiger partial charge in [0.25, 0.3) is 0 Å². The zero-order valence-corrected chi connectivity index (χ0v) is 15.7. The first-order chi connectivity index (χ1) is 14.1. The number of amides is 1. The van der Waals surface area contributed by atoms with Crippen LogP contribution in [0, 0.1) is 18.7 Å². The van der Waals surface area contributed by atoms with Crippen LogP contribution in [0.1, 0.15) is 18.4 Å². The molecule has 9 heteroatoms. The van der Waals surface area contributed by atoms with Crippen molar-refractivity contribution in [1.29, 1.82) is 0 Å². The average molecular weight is 391 g/mol. The smallest absolute Gasteiger partial charge is 0.247 e. The second-order valence-corrected chi connectivity index (χ2v) is 7.41. The van der Waals surface area contributed by atoms with Gasteiger partial charge in [-0.15, -0.1) is 5.10 Å². The van der Waals surface area contributed by atoms with E-state index < -0.39 is 5.82 Å². The van der Waals surface area contributed by atoms with Gasteiger partial charge in [-0.05, 0) is 43.4 Å². The van der Waals surface area contributed by atoms with Gasteiger partial charge in [0.1, 0.15) is 6.04 Å². The standard InChI is InChI=1S/C20H18FN7O/c1-11-2-3-14(8-15(11)18-23-9-13(21)10-24-18)26-19(29)17-7-12-6-16(12)28(17)20-22-4-5-25-27-20/h2-5,8-10,12,16-17H,6-7H2,1H3,(H,26,29). The molecule has 1 aliphatic carbocycles. The maximum absolute atomic E-state index is 13.1. The summed E-state index contributed by atoms with van der Waals surface area (Å²) in [5.41, 5.74) is 2.31. The summed E-state index contributed by atoms with van der Waals surface area (Å²) in [5, 5.41) is 11.0. The Bertz CT molecular complexity index is 1060. The number of hydrogen-bond acceptors (Lipinski definition) is 7. The van der Waals surface area contributed by atoms with Crippen molar-refractivity contribution in [2.24, 2.45) is 5.92 Å². The molecule has 2 fully saturated rings. The highest BCUT2D eigenvalue weighted by Gasteiger charge is 2.55. The number of anilines is 2. The molecular weight excluding hydrogens is 373 g/mol. The predicted octanol–water partition coefficient (Wildman–Crippen LogP) is 2.38. The van der Waals surface area contributed by atoms with Crippen molar-refractivity contribution < 1.29 is 9.18 Å². The molecule has 146 valence electrons. The SMILES string of the molecule is Cc1ccc(NC(=O)C2CC3CC3N2c2nccnn2)cc1-c1ncc(F)cn1. The second kappa shape index (κ2) is 6.84. The number of carbonyl (C=O) groups excluding carboxylic acids is 1. The zero-order valence-electron chi connectivity index (χ0n) is 15.7. The highest BCUT2D eigenvalue weighted by atomic mass is 19.1. The Kier molecular flexibility index (Phi) is 4.15. The molecule has 1 saturated heterocycles. The molecule has 1 amide bonds. The summed E-state index contributed by atoms with van der Waals surface area (Å²) in [5.74, 6) is 0.790. The van der Waals surface area contributed by atoms with Crippen LogP contribution in [0.15, 0.2) is 43.0 Å². The largest absolute Gasteiger partial charge is 0.324 e. The number of benzene rings is 1. The molecule has 1 N–H and O–H groups in total. The van der Waals surface area contributed by atoms with Gasteiger partial charge in [-0.2, -0.15) is 5.10 Å². The Hall–Kier alpha value is -3.49. The second-order valence-electron chi connectivity index (χ2n) is 7.41. The number of halogens is 1. The van der Waals surface area contributed by atoms with Gasteiger partial charge >= 0.3 is 0 Å². The fraction of sp³-hybridized carbons (Fsp3) is 0.300. The van der Waals surface area contributed by atoms with Crippen LogP contribution in [0.25, 0.3) is 11.4 Å². The minimum atomic E-state index is -0.492. The number of rotatable bonds is 4. The Labute approximate surface area is 166 Å². The van der Waals surface area contributed by atoms with Crippen molar-refractivity contribution in [2.75, 3.05) is 10.2 Å². The third-order valence-corrected chi connectivity index (χ3v) is 5.47. The van der Waals surface area contributed by atoms with Gasteiger partial charge in [-0.25, -0.2) is 19.3 Å². The molecule has 0 spiro atoms. The van der Waals surface area contributed by atoms with Crippen molar-refractivity contribution >= 4 is 17.5 Å². The molecule has 3 heterocycles. The van der Waals surface area contributed by atoms with E-state index in [0.717, 1.165) is 36.4 Å². The van der Waals surface area contributed by atoms with Crippen LogP contribution in [0.5, 0.6) is 0 Å². The summed E-state index contributed by atoms with van der Waals surface area (Å²) in [6, 6.07) is 5.49. The quantitative estimate of drug-likeness (QED) is 0.729. The van der Waals surface area contributed by atoms with Crippen molar-refractivity contribution in [2.45, 2.75) is 31.8 Å². The van der Waals surface area contributed by atoms with Gasteiger partial charge in [-0.1, -0.05) is 6.07 Å². The van der Waals surface area contributed by atoms with Crippen molar-refractivity contribution in [3.05, 3.63) is 54.4 Å². The molecule has 5 rings (SSSR count). The van der Waals surface area contributed by atoms with E-state index in [2.05, 4.69) is 30.5 Å². The predicted molar refractivity (Wildman–Crippen MR) is 103 cm³/mol. The van der Waals surface area contributed by atoms with Crippen molar-refractivity contribution in [3.63, 3.8) is 0 Å². The number of nitrogens with zero attached hydrogens (tertiary/aromatic N) is 6. The minimum Gasteiger partial charge on any atom is -0.324 e. The number of aromatic nitrogens is 5. The van der Waals surface area contributed by atoms with Gasteiger partial charge in [-0.3, -0.25) is 4.79 Å². The van der Waals surface area contributed by atoms with E-state index in [1.54, 1.807) is 12.3 Å². The van der Waals surface area contributed by atoms with Gasteiger partial charge < -0.3 is 10.2 Å². The molecule has 0 radical (unpaired) electrons. The number of carbonyl (C=O) groups is 1. The van der Waals surface area contributed by atoms with E-state index in [1.807, 2.05) is 24.0 Å². The molecule has 2 aromatic heterocycles. The van der Waals surface area contributed by atoms with Crippen molar-refractivity contribution in [1.82, 2.24) is 25.1 Å². The van der Waals surface area contributed by atoms with Crippen LogP contribution < -0.4 is 10.2 Å². The summed E-state index contributed by atoms with van der Waals surface area (Å²) < 4.78 is 13.1. The lowest BCUT2D eigenvalue weighted by Crippen LogP contribution is -2.43. The molecule has 3 aromatic rings. The van der Waals surface area contributed by atoms with Crippen LogP contribution in [0.4, 0.5) is 16.0 Å². The number of piperidine rings is 1. The fourth-order valence-corrected chi connectivity index (χ4v) is 3.95. The topological polar surface area (TPSA) is 96.8 Å². The van der Waals surface area contributed by atoms with Crippen molar-refractivity contribution in [3.8, 4) is 11.4 Å². The van der Waals surface area contributed by atoms with Gasteiger partial charge in [0, 0.05) is 17.3 Å². The molecule has 8 nitrogen and oxygen atoms in total. The summed E-state index contributed by atoms with van der Waals surface area (Å²) in [6.45, 7) is 1.92. The third kappa shape index (κ3) is 3.28. The number of aryl methyl sites for hydroxylation is 1. The zero-order chi connectivity index (χ0) is 20.0. The van der Waals surface area contributed by atoms with Crippen LogP contribution in [-0.4, -0.2) is 43.1 Å². The average Bonchev–Trinajstić information content (AvgIpc) is 3.40. The van der Waals surface area contributed by atoms with E-state index in [4.69, 9.17) is 0 Å². The van der Waals surface area contributed by atoms with E-state index in [1.165, 1.54) is 6.20 Å². The summed E-state index contributed by atoms with van der Waals surface area (Å²) in [7, 11) is 0. The normalized spacial score (nSPS) is 22.3. The first kappa shape index (κ1) is 17.6. The first-order valence-corrected chi connectivity index (χ1v) is 9.41. The molecule has 3 unspecified atom stereocenters. The summed E-state index contributed by atoms with van der Waals surface area (Å²) in [6.07, 6.45) is 7.19. The molecule has 1 saturated carbocycles. The van der Waals surface area contributed by atoms with E-state index >= 15 is 0 Å². The summed E-state index contributed by atoms with van der Waals surface area (Å²) >= 11 is 0.